The van der Waals surface area contributed by atoms with E-state index < -0.39 is 0 Å². The number of hydrogen-bond acceptors (Lipinski definition) is 5. The highest BCUT2D eigenvalue weighted by molar-refractivity contribution is 5.38. The summed E-state index contributed by atoms with van der Waals surface area (Å²) in [4.78, 5) is 8.55. The van der Waals surface area contributed by atoms with Crippen LogP contribution in [0.3, 0.4) is 0 Å². The maximum absolute atomic E-state index is 9.94. The molecule has 0 radical (unpaired) electrons. The van der Waals surface area contributed by atoms with E-state index in [-0.39, 0.29) is 6.10 Å². The molecule has 5 nitrogen and oxygen atoms in total. The fraction of sp³-hybridized carbons (Fsp3) is 0.714. The van der Waals surface area contributed by atoms with Crippen LogP contribution < -0.4 is 10.1 Å². The first-order valence-corrected chi connectivity index (χ1v) is 7.09. The van der Waals surface area contributed by atoms with Crippen LogP contribution in [-0.4, -0.2) is 34.3 Å². The largest absolute Gasteiger partial charge is 0.478 e. The van der Waals surface area contributed by atoms with E-state index in [1.54, 1.807) is 0 Å². The van der Waals surface area contributed by atoms with E-state index in [0.29, 0.717) is 24.2 Å². The number of rotatable bonds is 5. The number of nitrogens with zero attached hydrogens (tertiary/aromatic N) is 2. The molecule has 0 spiro atoms. The highest BCUT2D eigenvalue weighted by Crippen LogP contribution is 2.24. The Morgan fingerprint density at radius 3 is 2.89 bits per heavy atom. The lowest BCUT2D eigenvalue weighted by molar-refractivity contribution is 0.0763. The highest BCUT2D eigenvalue weighted by atomic mass is 16.5. The molecule has 1 aromatic rings. The van der Waals surface area contributed by atoms with Crippen LogP contribution in [0, 0.1) is 12.8 Å². The van der Waals surface area contributed by atoms with Crippen molar-refractivity contribution in [2.75, 3.05) is 18.5 Å². The summed E-state index contributed by atoms with van der Waals surface area (Å²) in [6.45, 7) is 5.13. The summed E-state index contributed by atoms with van der Waals surface area (Å²) in [6.07, 6.45) is 4.15. The molecule has 0 bridgehead atoms. The quantitative estimate of drug-likeness (QED) is 0.854. The van der Waals surface area contributed by atoms with Gasteiger partial charge in [-0.05, 0) is 26.7 Å². The van der Waals surface area contributed by atoms with Gasteiger partial charge in [0.05, 0.1) is 12.7 Å². The average molecular weight is 265 g/mol. The molecule has 1 aromatic heterocycles. The lowest BCUT2D eigenvalue weighted by Crippen LogP contribution is -2.30. The van der Waals surface area contributed by atoms with Gasteiger partial charge < -0.3 is 15.2 Å². The van der Waals surface area contributed by atoms with Crippen molar-refractivity contribution in [1.29, 1.82) is 0 Å². The molecule has 1 saturated carbocycles. The van der Waals surface area contributed by atoms with E-state index in [2.05, 4.69) is 15.3 Å². The molecule has 1 heterocycles. The van der Waals surface area contributed by atoms with Gasteiger partial charge in [-0.15, -0.1) is 0 Å². The van der Waals surface area contributed by atoms with E-state index in [0.717, 1.165) is 31.6 Å². The number of aromatic nitrogens is 2. The first kappa shape index (κ1) is 14.1. The van der Waals surface area contributed by atoms with Crippen molar-refractivity contribution in [3.63, 3.8) is 0 Å². The number of aliphatic hydroxyl groups excluding tert-OH is 1. The number of ether oxygens (including phenoxy) is 1. The SMILES string of the molecule is CCOc1cc(NCC2CCCCC2O)nc(C)n1. The number of hydrogen-bond donors (Lipinski definition) is 2. The lowest BCUT2D eigenvalue weighted by atomic mass is 9.86. The molecule has 0 aliphatic heterocycles. The van der Waals surface area contributed by atoms with Crippen LogP contribution in [0.1, 0.15) is 38.4 Å². The minimum Gasteiger partial charge on any atom is -0.478 e. The minimum atomic E-state index is -0.185. The van der Waals surface area contributed by atoms with Crippen LogP contribution in [0.25, 0.3) is 0 Å². The van der Waals surface area contributed by atoms with Crippen molar-refractivity contribution >= 4 is 5.82 Å². The highest BCUT2D eigenvalue weighted by Gasteiger charge is 2.22. The van der Waals surface area contributed by atoms with Crippen molar-refractivity contribution < 1.29 is 9.84 Å². The maximum Gasteiger partial charge on any atom is 0.218 e. The van der Waals surface area contributed by atoms with Gasteiger partial charge in [0.25, 0.3) is 0 Å². The molecule has 0 amide bonds. The Balaban J connectivity index is 1.94. The molecular weight excluding hydrogens is 242 g/mol. The summed E-state index contributed by atoms with van der Waals surface area (Å²) in [5, 5.41) is 13.2. The molecule has 1 fully saturated rings. The third kappa shape index (κ3) is 4.06. The monoisotopic (exact) mass is 265 g/mol. The predicted octanol–water partition coefficient (Wildman–Crippen LogP) is 2.15. The topological polar surface area (TPSA) is 67.3 Å². The number of anilines is 1. The van der Waals surface area contributed by atoms with Gasteiger partial charge >= 0.3 is 0 Å². The average Bonchev–Trinajstić information content (AvgIpc) is 2.37. The fourth-order valence-corrected chi connectivity index (χ4v) is 2.51. The first-order valence-electron chi connectivity index (χ1n) is 7.09. The molecule has 106 valence electrons. The number of nitrogens with one attached hydrogen (secondary N) is 1. The Kier molecular flexibility index (Phi) is 4.96. The lowest BCUT2D eigenvalue weighted by Gasteiger charge is -2.27. The van der Waals surface area contributed by atoms with E-state index in [1.165, 1.54) is 6.42 Å². The van der Waals surface area contributed by atoms with Gasteiger partial charge in [-0.25, -0.2) is 4.98 Å². The van der Waals surface area contributed by atoms with E-state index in [4.69, 9.17) is 4.74 Å². The van der Waals surface area contributed by atoms with E-state index in [9.17, 15) is 5.11 Å². The molecule has 2 atom stereocenters. The van der Waals surface area contributed by atoms with Gasteiger partial charge in [0.2, 0.25) is 5.88 Å². The van der Waals surface area contributed by atoms with Crippen molar-refractivity contribution in [3.05, 3.63) is 11.9 Å². The Labute approximate surface area is 114 Å². The van der Waals surface area contributed by atoms with Gasteiger partial charge in [-0.3, -0.25) is 0 Å². The van der Waals surface area contributed by atoms with Crippen LogP contribution in [-0.2, 0) is 0 Å². The van der Waals surface area contributed by atoms with Crippen LogP contribution in [0.2, 0.25) is 0 Å². The Hall–Kier alpha value is -1.36. The Morgan fingerprint density at radius 2 is 2.16 bits per heavy atom. The normalized spacial score (nSPS) is 23.1. The molecule has 2 rings (SSSR count). The van der Waals surface area contributed by atoms with Crippen molar-refractivity contribution in [2.45, 2.75) is 45.6 Å². The number of aryl methyl sites for hydroxylation is 1. The van der Waals surface area contributed by atoms with Gasteiger partial charge in [0.1, 0.15) is 11.6 Å². The molecule has 2 unspecified atom stereocenters. The van der Waals surface area contributed by atoms with Crippen molar-refractivity contribution in [2.24, 2.45) is 5.92 Å². The molecule has 5 heteroatoms. The van der Waals surface area contributed by atoms with Crippen LogP contribution >= 0.6 is 0 Å². The maximum atomic E-state index is 9.94. The van der Waals surface area contributed by atoms with Crippen LogP contribution in [0.4, 0.5) is 5.82 Å². The van der Waals surface area contributed by atoms with Crippen molar-refractivity contribution in [1.82, 2.24) is 9.97 Å². The van der Waals surface area contributed by atoms with Gasteiger partial charge in [0, 0.05) is 18.5 Å². The Bertz CT molecular complexity index is 412. The van der Waals surface area contributed by atoms with E-state index >= 15 is 0 Å². The standard InChI is InChI=1S/C14H23N3O2/c1-3-19-14-8-13(16-10(2)17-14)15-9-11-6-4-5-7-12(11)18/h8,11-12,18H,3-7,9H2,1-2H3,(H,15,16,17). The van der Waals surface area contributed by atoms with Gasteiger partial charge in [-0.1, -0.05) is 12.8 Å². The molecule has 0 aromatic carbocycles. The summed E-state index contributed by atoms with van der Waals surface area (Å²) in [6, 6.07) is 1.81. The van der Waals surface area contributed by atoms with Crippen LogP contribution in [0.5, 0.6) is 5.88 Å². The zero-order valence-corrected chi connectivity index (χ0v) is 11.7. The van der Waals surface area contributed by atoms with Crippen LogP contribution in [0.15, 0.2) is 6.07 Å². The molecule has 1 aliphatic carbocycles. The molecule has 19 heavy (non-hydrogen) atoms. The smallest absolute Gasteiger partial charge is 0.218 e. The molecule has 0 saturated heterocycles. The third-order valence-corrected chi connectivity index (χ3v) is 3.52. The predicted molar refractivity (Wildman–Crippen MR) is 74.4 cm³/mol. The van der Waals surface area contributed by atoms with E-state index in [1.807, 2.05) is 19.9 Å². The third-order valence-electron chi connectivity index (χ3n) is 3.52. The summed E-state index contributed by atoms with van der Waals surface area (Å²) >= 11 is 0. The second-order valence-electron chi connectivity index (χ2n) is 5.06. The zero-order valence-electron chi connectivity index (χ0n) is 11.7. The summed E-state index contributed by atoms with van der Waals surface area (Å²) in [7, 11) is 0. The fourth-order valence-electron chi connectivity index (χ4n) is 2.51. The molecule has 1 aliphatic rings. The molecular formula is C14H23N3O2. The second kappa shape index (κ2) is 6.70. The number of aliphatic hydroxyl groups is 1. The van der Waals surface area contributed by atoms with Gasteiger partial charge in [-0.2, -0.15) is 4.98 Å². The minimum absolute atomic E-state index is 0.185. The first-order chi connectivity index (χ1) is 9.19. The van der Waals surface area contributed by atoms with Crippen molar-refractivity contribution in [3.8, 4) is 5.88 Å². The Morgan fingerprint density at radius 1 is 1.37 bits per heavy atom. The summed E-state index contributed by atoms with van der Waals surface area (Å²) in [5.74, 6) is 2.38. The summed E-state index contributed by atoms with van der Waals surface area (Å²) in [5.41, 5.74) is 0. The second-order valence-corrected chi connectivity index (χ2v) is 5.06. The molecule has 2 N–H and O–H groups in total. The zero-order chi connectivity index (χ0) is 13.7. The van der Waals surface area contributed by atoms with Gasteiger partial charge in [0.15, 0.2) is 0 Å². The summed E-state index contributed by atoms with van der Waals surface area (Å²) < 4.78 is 5.40.